The SMILES string of the molecule is CCCCNC(=O)C1Cc2cc(Br)ccc2C(Br)=C1NC(=O)c1cc(C(F)(F)F)nn1-c1ncccc1Cl. The number of carbonyl (C=O) groups is 2. The predicted molar refractivity (Wildman–Crippen MR) is 144 cm³/mol. The second-order valence-corrected chi connectivity index (χ2v) is 10.6. The Bertz CT molecular complexity index is 1420. The first-order valence-corrected chi connectivity index (χ1v) is 13.5. The van der Waals surface area contributed by atoms with E-state index >= 15 is 0 Å². The third kappa shape index (κ3) is 5.97. The van der Waals surface area contributed by atoms with Crippen molar-refractivity contribution in [1.29, 1.82) is 0 Å². The van der Waals surface area contributed by atoms with Crippen LogP contribution in [0.5, 0.6) is 0 Å². The maximum absolute atomic E-state index is 13.6. The number of halogens is 6. The highest BCUT2D eigenvalue weighted by atomic mass is 79.9. The van der Waals surface area contributed by atoms with Gasteiger partial charge in [-0.3, -0.25) is 9.59 Å². The van der Waals surface area contributed by atoms with Gasteiger partial charge in [0.2, 0.25) is 5.91 Å². The molecule has 1 aliphatic carbocycles. The fourth-order valence-electron chi connectivity index (χ4n) is 4.01. The van der Waals surface area contributed by atoms with Crippen molar-refractivity contribution < 1.29 is 22.8 Å². The molecule has 3 aromatic rings. The first-order chi connectivity index (χ1) is 18.0. The van der Waals surface area contributed by atoms with Crippen molar-refractivity contribution >= 4 is 59.8 Å². The van der Waals surface area contributed by atoms with Crippen LogP contribution in [0.1, 0.15) is 47.1 Å². The van der Waals surface area contributed by atoms with Gasteiger partial charge < -0.3 is 10.6 Å². The lowest BCUT2D eigenvalue weighted by atomic mass is 9.86. The third-order valence-electron chi connectivity index (χ3n) is 5.88. The van der Waals surface area contributed by atoms with E-state index in [4.69, 9.17) is 11.6 Å². The Morgan fingerprint density at radius 3 is 2.66 bits per heavy atom. The van der Waals surface area contributed by atoms with Crippen molar-refractivity contribution in [3.8, 4) is 5.82 Å². The normalized spacial score (nSPS) is 15.3. The van der Waals surface area contributed by atoms with Crippen LogP contribution in [-0.2, 0) is 17.4 Å². The van der Waals surface area contributed by atoms with Gasteiger partial charge in [-0.15, -0.1) is 0 Å². The summed E-state index contributed by atoms with van der Waals surface area (Å²) in [6.45, 7) is 2.45. The van der Waals surface area contributed by atoms with Crippen molar-refractivity contribution in [2.24, 2.45) is 5.92 Å². The number of amides is 2. The van der Waals surface area contributed by atoms with E-state index in [1.807, 2.05) is 25.1 Å². The van der Waals surface area contributed by atoms with Crippen molar-refractivity contribution in [2.45, 2.75) is 32.4 Å². The second-order valence-electron chi connectivity index (χ2n) is 8.52. The number of pyridine rings is 1. The van der Waals surface area contributed by atoms with Crippen molar-refractivity contribution in [3.05, 3.63) is 80.3 Å². The fraction of sp³-hybridized carbons (Fsp3) is 0.280. The van der Waals surface area contributed by atoms with Crippen LogP contribution in [0.25, 0.3) is 10.3 Å². The van der Waals surface area contributed by atoms with Crippen LogP contribution in [0.3, 0.4) is 0 Å². The van der Waals surface area contributed by atoms with Crippen molar-refractivity contribution in [1.82, 2.24) is 25.4 Å². The number of unbranched alkanes of at least 4 members (excludes halogenated alkanes) is 1. The van der Waals surface area contributed by atoms with Crippen molar-refractivity contribution in [2.75, 3.05) is 6.54 Å². The van der Waals surface area contributed by atoms with Crippen molar-refractivity contribution in [3.63, 3.8) is 0 Å². The van der Waals surface area contributed by atoms with E-state index in [1.165, 1.54) is 18.3 Å². The van der Waals surface area contributed by atoms with E-state index in [1.54, 1.807) is 0 Å². The van der Waals surface area contributed by atoms with E-state index < -0.39 is 29.4 Å². The molecular weight excluding hydrogens is 655 g/mol. The minimum Gasteiger partial charge on any atom is -0.356 e. The molecule has 0 bridgehead atoms. The summed E-state index contributed by atoms with van der Waals surface area (Å²) in [5.41, 5.74) is 0.109. The van der Waals surface area contributed by atoms with Crippen LogP contribution >= 0.6 is 43.5 Å². The van der Waals surface area contributed by atoms with Gasteiger partial charge in [0.15, 0.2) is 11.5 Å². The zero-order valence-corrected chi connectivity index (χ0v) is 23.8. The van der Waals surface area contributed by atoms with Gasteiger partial charge >= 0.3 is 6.18 Å². The number of fused-ring (bicyclic) bond motifs is 1. The van der Waals surface area contributed by atoms with E-state index in [2.05, 4.69) is 52.6 Å². The maximum atomic E-state index is 13.6. The summed E-state index contributed by atoms with van der Waals surface area (Å²) >= 11 is 13.1. The molecule has 1 unspecified atom stereocenters. The summed E-state index contributed by atoms with van der Waals surface area (Å²) in [7, 11) is 0. The molecule has 200 valence electrons. The molecule has 1 aromatic carbocycles. The first-order valence-electron chi connectivity index (χ1n) is 11.6. The van der Waals surface area contributed by atoms with Crippen LogP contribution in [0.4, 0.5) is 13.2 Å². The van der Waals surface area contributed by atoms with Crippen LogP contribution in [-0.4, -0.2) is 33.1 Å². The molecule has 0 saturated heterocycles. The summed E-state index contributed by atoms with van der Waals surface area (Å²) in [6, 6.07) is 9.07. The van der Waals surface area contributed by atoms with Gasteiger partial charge in [-0.2, -0.15) is 18.3 Å². The van der Waals surface area contributed by atoms with E-state index in [0.29, 0.717) is 17.1 Å². The van der Waals surface area contributed by atoms with Crippen LogP contribution in [0.15, 0.2) is 52.8 Å². The second kappa shape index (κ2) is 11.6. The molecule has 0 aliphatic heterocycles. The number of benzene rings is 1. The molecule has 2 aromatic heterocycles. The molecule has 0 spiro atoms. The third-order valence-corrected chi connectivity index (χ3v) is 7.52. The van der Waals surface area contributed by atoms with E-state index in [0.717, 1.165) is 33.1 Å². The minimum absolute atomic E-state index is 0.00381. The minimum atomic E-state index is -4.82. The number of hydrogen-bond donors (Lipinski definition) is 2. The van der Waals surface area contributed by atoms with Gasteiger partial charge in [0.1, 0.15) is 5.69 Å². The topological polar surface area (TPSA) is 88.9 Å². The molecule has 1 aliphatic rings. The zero-order valence-electron chi connectivity index (χ0n) is 19.9. The Morgan fingerprint density at radius 1 is 1.21 bits per heavy atom. The smallest absolute Gasteiger partial charge is 0.356 e. The highest BCUT2D eigenvalue weighted by Crippen LogP contribution is 2.39. The molecule has 0 saturated carbocycles. The number of alkyl halides is 3. The van der Waals surface area contributed by atoms with E-state index in [9.17, 15) is 22.8 Å². The lowest BCUT2D eigenvalue weighted by Crippen LogP contribution is -2.41. The van der Waals surface area contributed by atoms with Gasteiger partial charge in [0.05, 0.1) is 10.9 Å². The highest BCUT2D eigenvalue weighted by Gasteiger charge is 2.38. The Hall–Kier alpha value is -2.70. The number of carbonyl (C=O) groups excluding carboxylic acids is 2. The van der Waals surface area contributed by atoms with Gasteiger partial charge in [-0.25, -0.2) is 9.67 Å². The summed E-state index contributed by atoms with van der Waals surface area (Å²) < 4.78 is 42.7. The molecule has 0 radical (unpaired) electrons. The van der Waals surface area contributed by atoms with Crippen LogP contribution in [0.2, 0.25) is 5.02 Å². The molecule has 7 nitrogen and oxygen atoms in total. The van der Waals surface area contributed by atoms with Crippen LogP contribution in [0, 0.1) is 5.92 Å². The molecule has 1 atom stereocenters. The molecule has 0 fully saturated rings. The highest BCUT2D eigenvalue weighted by molar-refractivity contribution is 9.15. The first kappa shape index (κ1) is 28.3. The monoisotopic (exact) mass is 673 g/mol. The average Bonchev–Trinajstić information content (AvgIpc) is 3.32. The number of rotatable bonds is 7. The number of nitrogens with one attached hydrogen (secondary N) is 2. The Labute approximate surface area is 238 Å². The predicted octanol–water partition coefficient (Wildman–Crippen LogP) is 6.28. The lowest BCUT2D eigenvalue weighted by molar-refractivity contribution is -0.141. The zero-order chi connectivity index (χ0) is 27.6. The molecule has 4 rings (SSSR count). The summed E-state index contributed by atoms with van der Waals surface area (Å²) in [6.07, 6.45) is -1.57. The Morgan fingerprint density at radius 2 is 1.97 bits per heavy atom. The molecular formula is C25H21Br2ClF3N5O2. The van der Waals surface area contributed by atoms with Gasteiger partial charge in [-0.05, 0) is 64.2 Å². The van der Waals surface area contributed by atoms with Gasteiger partial charge in [0.25, 0.3) is 5.91 Å². The summed E-state index contributed by atoms with van der Waals surface area (Å²) in [4.78, 5) is 30.7. The lowest BCUT2D eigenvalue weighted by Gasteiger charge is -2.28. The Kier molecular flexibility index (Phi) is 8.63. The quantitative estimate of drug-likeness (QED) is 0.289. The fourth-order valence-corrected chi connectivity index (χ4v) is 5.38. The molecule has 2 heterocycles. The molecule has 38 heavy (non-hydrogen) atoms. The van der Waals surface area contributed by atoms with Crippen LogP contribution < -0.4 is 10.6 Å². The largest absolute Gasteiger partial charge is 0.435 e. The standard InChI is InChI=1S/C25H21Br2ClF3N5O2/c1-2-3-8-33-23(37)16-11-13-10-14(26)6-7-15(13)20(27)21(16)34-24(38)18-12-19(25(29,30)31)35-36(18)22-17(28)5-4-9-32-22/h4-7,9-10,12,16H,2-3,8,11H2,1H3,(H,33,37)(H,34,38). The average molecular weight is 676 g/mol. The summed E-state index contributed by atoms with van der Waals surface area (Å²) in [5, 5.41) is 9.13. The molecule has 2 N–H and O–H groups in total. The Balaban J connectivity index is 1.77. The van der Waals surface area contributed by atoms with Gasteiger partial charge in [0, 0.05) is 33.5 Å². The van der Waals surface area contributed by atoms with Gasteiger partial charge in [-0.1, -0.05) is 46.9 Å². The van der Waals surface area contributed by atoms with E-state index in [-0.39, 0.29) is 28.9 Å². The maximum Gasteiger partial charge on any atom is 0.435 e. The number of hydrogen-bond acceptors (Lipinski definition) is 4. The summed E-state index contributed by atoms with van der Waals surface area (Å²) in [5.74, 6) is -2.17. The number of aromatic nitrogens is 3. The molecule has 2 amide bonds. The molecule has 13 heteroatoms. The number of nitrogens with zero attached hydrogens (tertiary/aromatic N) is 3.